The Labute approximate surface area is 132 Å². The molecule has 114 valence electrons. The third-order valence-electron chi connectivity index (χ3n) is 4.37. The predicted octanol–water partition coefficient (Wildman–Crippen LogP) is 4.18. The predicted molar refractivity (Wildman–Crippen MR) is 94.3 cm³/mol. The van der Waals surface area contributed by atoms with Crippen LogP contribution in [0.5, 0.6) is 0 Å². The van der Waals surface area contributed by atoms with Crippen molar-refractivity contribution in [1.82, 2.24) is 0 Å². The van der Waals surface area contributed by atoms with E-state index in [0.717, 1.165) is 18.8 Å². The minimum absolute atomic E-state index is 0.573. The topological polar surface area (TPSA) is 30.3 Å². The van der Waals surface area contributed by atoms with E-state index in [2.05, 4.69) is 61.8 Å². The van der Waals surface area contributed by atoms with E-state index in [0.29, 0.717) is 5.96 Å². The van der Waals surface area contributed by atoms with Gasteiger partial charge in [-0.1, -0.05) is 35.9 Å². The number of nitrogens with one attached hydrogen (secondary N) is 1. The SMILES string of the molecule is Cc1cc(C)c(N2CCN(c3ccccc3C)C2=N)c(C)c1. The summed E-state index contributed by atoms with van der Waals surface area (Å²) < 4.78 is 0. The standard InChI is InChI=1S/C19H23N3/c1-13-11-15(3)18(16(4)12-13)22-10-9-21(19(22)20)17-8-6-5-7-14(17)2/h5-8,11-12,20H,9-10H2,1-4H3. The first-order valence-electron chi connectivity index (χ1n) is 7.76. The molecule has 1 N–H and O–H groups in total. The van der Waals surface area contributed by atoms with Crippen molar-refractivity contribution in [3.8, 4) is 0 Å². The molecule has 0 amide bonds. The molecule has 1 saturated heterocycles. The lowest BCUT2D eigenvalue weighted by Gasteiger charge is -2.25. The molecule has 3 nitrogen and oxygen atoms in total. The van der Waals surface area contributed by atoms with Crippen LogP contribution < -0.4 is 9.80 Å². The van der Waals surface area contributed by atoms with E-state index in [-0.39, 0.29) is 0 Å². The Hall–Kier alpha value is -2.29. The molecule has 3 heteroatoms. The number of benzene rings is 2. The second-order valence-electron chi connectivity index (χ2n) is 6.16. The Balaban J connectivity index is 1.97. The maximum Gasteiger partial charge on any atom is 0.203 e. The van der Waals surface area contributed by atoms with Crippen molar-refractivity contribution >= 4 is 17.3 Å². The maximum atomic E-state index is 8.63. The van der Waals surface area contributed by atoms with Crippen LogP contribution in [0.3, 0.4) is 0 Å². The Morgan fingerprint density at radius 3 is 2.05 bits per heavy atom. The summed E-state index contributed by atoms with van der Waals surface area (Å²) in [5, 5.41) is 8.63. The monoisotopic (exact) mass is 293 g/mol. The van der Waals surface area contributed by atoms with Gasteiger partial charge < -0.3 is 9.80 Å². The summed E-state index contributed by atoms with van der Waals surface area (Å²) in [6.07, 6.45) is 0. The normalized spacial score (nSPS) is 14.8. The lowest BCUT2D eigenvalue weighted by molar-refractivity contribution is 1.01. The second-order valence-corrected chi connectivity index (χ2v) is 6.16. The molecule has 0 aromatic heterocycles. The van der Waals surface area contributed by atoms with Crippen LogP contribution in [0.15, 0.2) is 36.4 Å². The molecule has 22 heavy (non-hydrogen) atoms. The largest absolute Gasteiger partial charge is 0.310 e. The summed E-state index contributed by atoms with van der Waals surface area (Å²) in [6.45, 7) is 10.2. The minimum Gasteiger partial charge on any atom is -0.310 e. The summed E-state index contributed by atoms with van der Waals surface area (Å²) in [7, 11) is 0. The van der Waals surface area contributed by atoms with Crippen molar-refractivity contribution in [3.05, 3.63) is 58.7 Å². The quantitative estimate of drug-likeness (QED) is 0.900. The Morgan fingerprint density at radius 2 is 1.41 bits per heavy atom. The van der Waals surface area contributed by atoms with Crippen molar-refractivity contribution in [2.45, 2.75) is 27.7 Å². The van der Waals surface area contributed by atoms with E-state index in [1.807, 2.05) is 12.1 Å². The van der Waals surface area contributed by atoms with Crippen molar-refractivity contribution in [1.29, 1.82) is 5.41 Å². The first-order valence-corrected chi connectivity index (χ1v) is 7.76. The number of aryl methyl sites for hydroxylation is 4. The summed E-state index contributed by atoms with van der Waals surface area (Å²) in [5.74, 6) is 0.573. The van der Waals surface area contributed by atoms with Crippen LogP contribution in [0.25, 0.3) is 0 Å². The molecule has 0 atom stereocenters. The van der Waals surface area contributed by atoms with Crippen LogP contribution in [-0.4, -0.2) is 19.0 Å². The van der Waals surface area contributed by atoms with Crippen LogP contribution in [0, 0.1) is 33.1 Å². The zero-order chi connectivity index (χ0) is 15.9. The molecule has 0 bridgehead atoms. The van der Waals surface area contributed by atoms with Crippen molar-refractivity contribution in [2.75, 3.05) is 22.9 Å². The van der Waals surface area contributed by atoms with Gasteiger partial charge in [-0.3, -0.25) is 5.41 Å². The third-order valence-corrected chi connectivity index (χ3v) is 4.37. The molecule has 1 fully saturated rings. The molecule has 0 unspecified atom stereocenters. The molecular formula is C19H23N3. The average molecular weight is 293 g/mol. The van der Waals surface area contributed by atoms with Crippen molar-refractivity contribution < 1.29 is 0 Å². The molecule has 1 aliphatic heterocycles. The molecule has 1 aliphatic rings. The Kier molecular flexibility index (Phi) is 3.65. The highest BCUT2D eigenvalue weighted by molar-refractivity contribution is 6.08. The molecule has 0 radical (unpaired) electrons. The average Bonchev–Trinajstić information content (AvgIpc) is 2.80. The van der Waals surface area contributed by atoms with Gasteiger partial charge in [-0.25, -0.2) is 0 Å². The van der Waals surface area contributed by atoms with Crippen molar-refractivity contribution in [2.24, 2.45) is 0 Å². The minimum atomic E-state index is 0.573. The molecule has 0 aliphatic carbocycles. The molecule has 0 saturated carbocycles. The van der Waals surface area contributed by atoms with Crippen LogP contribution in [0.2, 0.25) is 0 Å². The zero-order valence-electron chi connectivity index (χ0n) is 13.8. The highest BCUT2D eigenvalue weighted by Crippen LogP contribution is 2.31. The van der Waals surface area contributed by atoms with Gasteiger partial charge in [-0.15, -0.1) is 0 Å². The number of guanidine groups is 1. The fraction of sp³-hybridized carbons (Fsp3) is 0.316. The maximum absolute atomic E-state index is 8.63. The van der Waals surface area contributed by atoms with Gasteiger partial charge in [0.15, 0.2) is 0 Å². The van der Waals surface area contributed by atoms with E-state index in [1.165, 1.54) is 27.9 Å². The number of hydrogen-bond donors (Lipinski definition) is 1. The molecule has 2 aromatic rings. The number of para-hydroxylation sites is 1. The number of rotatable bonds is 2. The van der Waals surface area contributed by atoms with Crippen LogP contribution in [0.4, 0.5) is 11.4 Å². The second kappa shape index (κ2) is 5.48. The van der Waals surface area contributed by atoms with Gasteiger partial charge in [0.05, 0.1) is 0 Å². The van der Waals surface area contributed by atoms with E-state index in [9.17, 15) is 0 Å². The van der Waals surface area contributed by atoms with Gasteiger partial charge >= 0.3 is 0 Å². The van der Waals surface area contributed by atoms with E-state index in [1.54, 1.807) is 0 Å². The molecule has 3 rings (SSSR count). The lowest BCUT2D eigenvalue weighted by atomic mass is 10.0. The van der Waals surface area contributed by atoms with Gasteiger partial charge in [0.25, 0.3) is 0 Å². The van der Waals surface area contributed by atoms with Crippen molar-refractivity contribution in [3.63, 3.8) is 0 Å². The summed E-state index contributed by atoms with van der Waals surface area (Å²) in [6, 6.07) is 12.7. The molecular weight excluding hydrogens is 270 g/mol. The third kappa shape index (κ3) is 2.37. The lowest BCUT2D eigenvalue weighted by Crippen LogP contribution is -2.33. The van der Waals surface area contributed by atoms with Crippen LogP contribution >= 0.6 is 0 Å². The zero-order valence-corrected chi connectivity index (χ0v) is 13.8. The van der Waals surface area contributed by atoms with Gasteiger partial charge in [0, 0.05) is 24.5 Å². The van der Waals surface area contributed by atoms with E-state index < -0.39 is 0 Å². The first-order chi connectivity index (χ1) is 10.5. The van der Waals surface area contributed by atoms with E-state index in [4.69, 9.17) is 5.41 Å². The summed E-state index contributed by atoms with van der Waals surface area (Å²) >= 11 is 0. The molecule has 1 heterocycles. The summed E-state index contributed by atoms with van der Waals surface area (Å²) in [5.41, 5.74) is 7.30. The highest BCUT2D eigenvalue weighted by atomic mass is 15.4. The van der Waals surface area contributed by atoms with Crippen LogP contribution in [0.1, 0.15) is 22.3 Å². The van der Waals surface area contributed by atoms with Gasteiger partial charge in [0.2, 0.25) is 5.96 Å². The van der Waals surface area contributed by atoms with Gasteiger partial charge in [-0.2, -0.15) is 0 Å². The number of hydrogen-bond acceptors (Lipinski definition) is 1. The van der Waals surface area contributed by atoms with Gasteiger partial charge in [0.1, 0.15) is 0 Å². The fourth-order valence-electron chi connectivity index (χ4n) is 3.47. The Morgan fingerprint density at radius 1 is 0.818 bits per heavy atom. The number of nitrogens with zero attached hydrogens (tertiary/aromatic N) is 2. The van der Waals surface area contributed by atoms with Gasteiger partial charge in [-0.05, 0) is 50.5 Å². The first kappa shape index (κ1) is 14.6. The summed E-state index contributed by atoms with van der Waals surface area (Å²) in [4.78, 5) is 4.24. The fourth-order valence-corrected chi connectivity index (χ4v) is 3.47. The Bertz CT molecular complexity index is 710. The smallest absolute Gasteiger partial charge is 0.203 e. The van der Waals surface area contributed by atoms with Crippen LogP contribution in [-0.2, 0) is 0 Å². The highest BCUT2D eigenvalue weighted by Gasteiger charge is 2.29. The molecule has 2 aromatic carbocycles. The molecule has 0 spiro atoms. The van der Waals surface area contributed by atoms with E-state index >= 15 is 0 Å². The number of anilines is 2.